The highest BCUT2D eigenvalue weighted by atomic mass is 16.2. The molecule has 17 heavy (non-hydrogen) atoms. The summed E-state index contributed by atoms with van der Waals surface area (Å²) in [5.74, 6) is 0.0553. The highest BCUT2D eigenvalue weighted by molar-refractivity contribution is 5.82. The van der Waals surface area contributed by atoms with Gasteiger partial charge in [0.15, 0.2) is 0 Å². The van der Waals surface area contributed by atoms with Gasteiger partial charge in [-0.05, 0) is 20.3 Å². The summed E-state index contributed by atoms with van der Waals surface area (Å²) < 4.78 is 0. The van der Waals surface area contributed by atoms with Crippen molar-refractivity contribution < 1.29 is 9.59 Å². The van der Waals surface area contributed by atoms with Crippen LogP contribution in [0, 0.1) is 0 Å². The molecular formula is C12H23N3O2. The van der Waals surface area contributed by atoms with Gasteiger partial charge in [-0.25, -0.2) is 0 Å². The molecule has 3 N–H and O–H groups in total. The lowest BCUT2D eigenvalue weighted by Crippen LogP contribution is -2.49. The largest absolute Gasteiger partial charge is 0.354 e. The molecule has 1 saturated heterocycles. The van der Waals surface area contributed by atoms with E-state index in [-0.39, 0.29) is 29.9 Å². The molecule has 1 heterocycles. The second-order valence-electron chi connectivity index (χ2n) is 4.79. The highest BCUT2D eigenvalue weighted by Gasteiger charge is 2.25. The van der Waals surface area contributed by atoms with E-state index in [1.165, 1.54) is 0 Å². The van der Waals surface area contributed by atoms with Gasteiger partial charge in [0, 0.05) is 25.0 Å². The lowest BCUT2D eigenvalue weighted by atomic mass is 10.1. The monoisotopic (exact) mass is 241 g/mol. The van der Waals surface area contributed by atoms with E-state index >= 15 is 0 Å². The molecule has 5 heteroatoms. The Morgan fingerprint density at radius 2 is 2.24 bits per heavy atom. The van der Waals surface area contributed by atoms with Crippen molar-refractivity contribution >= 4 is 11.8 Å². The van der Waals surface area contributed by atoms with Gasteiger partial charge in [-0.2, -0.15) is 0 Å². The first-order valence-corrected chi connectivity index (χ1v) is 6.36. The van der Waals surface area contributed by atoms with Gasteiger partial charge in [0.25, 0.3) is 0 Å². The number of amides is 2. The predicted molar refractivity (Wildman–Crippen MR) is 66.5 cm³/mol. The van der Waals surface area contributed by atoms with Crippen molar-refractivity contribution in [2.24, 2.45) is 0 Å². The minimum atomic E-state index is -0.257. The van der Waals surface area contributed by atoms with Crippen LogP contribution in [0.25, 0.3) is 0 Å². The van der Waals surface area contributed by atoms with Gasteiger partial charge in [0.05, 0.1) is 6.04 Å². The number of nitrogens with one attached hydrogen (secondary N) is 3. The summed E-state index contributed by atoms with van der Waals surface area (Å²) in [5.41, 5.74) is 0. The molecule has 5 nitrogen and oxygen atoms in total. The molecule has 0 radical (unpaired) electrons. The zero-order chi connectivity index (χ0) is 12.8. The molecular weight excluding hydrogens is 218 g/mol. The molecule has 1 aliphatic heterocycles. The van der Waals surface area contributed by atoms with Crippen LogP contribution in [0.15, 0.2) is 0 Å². The summed E-state index contributed by atoms with van der Waals surface area (Å²) in [5, 5.41) is 8.86. The van der Waals surface area contributed by atoms with Crippen LogP contribution >= 0.6 is 0 Å². The van der Waals surface area contributed by atoms with Gasteiger partial charge in [-0.3, -0.25) is 9.59 Å². The third kappa shape index (κ3) is 4.73. The van der Waals surface area contributed by atoms with E-state index in [1.54, 1.807) is 0 Å². The normalized spacial score (nSPS) is 23.0. The van der Waals surface area contributed by atoms with Crippen molar-refractivity contribution in [2.75, 3.05) is 6.54 Å². The molecule has 3 atom stereocenters. The molecule has 0 aliphatic carbocycles. The Morgan fingerprint density at radius 3 is 2.76 bits per heavy atom. The quantitative estimate of drug-likeness (QED) is 0.620. The van der Waals surface area contributed by atoms with E-state index in [0.29, 0.717) is 13.0 Å². The van der Waals surface area contributed by atoms with E-state index in [4.69, 9.17) is 0 Å². The van der Waals surface area contributed by atoms with Crippen molar-refractivity contribution in [3.05, 3.63) is 0 Å². The Balaban J connectivity index is 2.29. The molecule has 0 spiro atoms. The van der Waals surface area contributed by atoms with Crippen molar-refractivity contribution in [2.45, 2.75) is 58.2 Å². The van der Waals surface area contributed by atoms with Crippen LogP contribution in [-0.2, 0) is 9.59 Å². The van der Waals surface area contributed by atoms with E-state index in [1.807, 2.05) is 13.8 Å². The third-order valence-electron chi connectivity index (χ3n) is 2.97. The molecule has 0 aromatic heterocycles. The van der Waals surface area contributed by atoms with Crippen LogP contribution in [0.1, 0.15) is 40.0 Å². The summed E-state index contributed by atoms with van der Waals surface area (Å²) in [6, 6.07) is 0.0248. The molecule has 2 amide bonds. The van der Waals surface area contributed by atoms with E-state index in [0.717, 1.165) is 12.8 Å². The number of carbonyl (C=O) groups is 2. The van der Waals surface area contributed by atoms with E-state index in [2.05, 4.69) is 22.9 Å². The summed E-state index contributed by atoms with van der Waals surface area (Å²) >= 11 is 0. The summed E-state index contributed by atoms with van der Waals surface area (Å²) in [6.07, 6.45) is 2.51. The lowest BCUT2D eigenvalue weighted by molar-refractivity contribution is -0.124. The van der Waals surface area contributed by atoms with E-state index in [9.17, 15) is 9.59 Å². The van der Waals surface area contributed by atoms with Crippen LogP contribution < -0.4 is 16.0 Å². The maximum absolute atomic E-state index is 11.8. The number of rotatable bonds is 6. The first-order chi connectivity index (χ1) is 8.02. The fraction of sp³-hybridized carbons (Fsp3) is 0.833. The Morgan fingerprint density at radius 1 is 1.53 bits per heavy atom. The molecule has 1 fully saturated rings. The van der Waals surface area contributed by atoms with Gasteiger partial charge in [0.1, 0.15) is 0 Å². The fourth-order valence-electron chi connectivity index (χ4n) is 2.03. The van der Waals surface area contributed by atoms with Crippen LogP contribution in [0.3, 0.4) is 0 Å². The van der Waals surface area contributed by atoms with Gasteiger partial charge < -0.3 is 16.0 Å². The minimum absolute atomic E-state index is 0.00491. The average Bonchev–Trinajstić information content (AvgIpc) is 2.64. The first-order valence-electron chi connectivity index (χ1n) is 6.36. The zero-order valence-electron chi connectivity index (χ0n) is 10.9. The zero-order valence-corrected chi connectivity index (χ0v) is 10.9. The predicted octanol–water partition coefficient (Wildman–Crippen LogP) is 0.158. The second kappa shape index (κ2) is 6.59. The maximum Gasteiger partial charge on any atom is 0.237 e. The number of carbonyl (C=O) groups excluding carboxylic acids is 2. The SMILES string of the molecule is CCCC(C)NC(=O)C(C)NC1CNC(=O)C1. The van der Waals surface area contributed by atoms with Gasteiger partial charge in [0.2, 0.25) is 11.8 Å². The Hall–Kier alpha value is -1.10. The summed E-state index contributed by atoms with van der Waals surface area (Å²) in [4.78, 5) is 22.8. The average molecular weight is 241 g/mol. The standard InChI is InChI=1S/C12H23N3O2/c1-4-5-8(2)14-12(17)9(3)15-10-6-11(16)13-7-10/h8-10,15H,4-7H2,1-3H3,(H,13,16)(H,14,17). The Labute approximate surface area is 103 Å². The summed E-state index contributed by atoms with van der Waals surface area (Å²) in [6.45, 7) is 6.55. The number of hydrogen-bond donors (Lipinski definition) is 3. The maximum atomic E-state index is 11.8. The van der Waals surface area contributed by atoms with Gasteiger partial charge in [-0.1, -0.05) is 13.3 Å². The van der Waals surface area contributed by atoms with Crippen LogP contribution in [0.4, 0.5) is 0 Å². The highest BCUT2D eigenvalue weighted by Crippen LogP contribution is 2.01. The van der Waals surface area contributed by atoms with Crippen molar-refractivity contribution in [1.29, 1.82) is 0 Å². The van der Waals surface area contributed by atoms with Crippen molar-refractivity contribution in [1.82, 2.24) is 16.0 Å². The van der Waals surface area contributed by atoms with E-state index < -0.39 is 0 Å². The first kappa shape index (κ1) is 14.0. The Bertz CT molecular complexity index is 281. The van der Waals surface area contributed by atoms with Crippen LogP contribution in [0.5, 0.6) is 0 Å². The molecule has 0 saturated carbocycles. The van der Waals surface area contributed by atoms with Crippen molar-refractivity contribution in [3.8, 4) is 0 Å². The number of hydrogen-bond acceptors (Lipinski definition) is 3. The second-order valence-corrected chi connectivity index (χ2v) is 4.79. The topological polar surface area (TPSA) is 70.2 Å². The smallest absolute Gasteiger partial charge is 0.237 e. The molecule has 98 valence electrons. The molecule has 1 rings (SSSR count). The Kier molecular flexibility index (Phi) is 5.41. The van der Waals surface area contributed by atoms with Crippen LogP contribution in [0.2, 0.25) is 0 Å². The molecule has 0 aromatic carbocycles. The molecule has 0 bridgehead atoms. The molecule has 1 aliphatic rings. The lowest BCUT2D eigenvalue weighted by Gasteiger charge is -2.20. The molecule has 3 unspecified atom stereocenters. The van der Waals surface area contributed by atoms with Gasteiger partial charge >= 0.3 is 0 Å². The van der Waals surface area contributed by atoms with Crippen molar-refractivity contribution in [3.63, 3.8) is 0 Å². The van der Waals surface area contributed by atoms with Crippen LogP contribution in [-0.4, -0.2) is 36.5 Å². The molecule has 0 aromatic rings. The fourth-order valence-corrected chi connectivity index (χ4v) is 2.03. The minimum Gasteiger partial charge on any atom is -0.354 e. The summed E-state index contributed by atoms with van der Waals surface area (Å²) in [7, 11) is 0. The third-order valence-corrected chi connectivity index (χ3v) is 2.97. The van der Waals surface area contributed by atoms with Gasteiger partial charge in [-0.15, -0.1) is 0 Å².